The van der Waals surface area contributed by atoms with Crippen molar-refractivity contribution in [3.8, 4) is 0 Å². The van der Waals surface area contributed by atoms with Gasteiger partial charge in [-0.1, -0.05) is 45.4 Å². The number of hydrogen-bond acceptors (Lipinski definition) is 5. The first-order valence-corrected chi connectivity index (χ1v) is 9.06. The summed E-state index contributed by atoms with van der Waals surface area (Å²) in [5.41, 5.74) is 11.6. The Hall–Kier alpha value is -0.200. The van der Waals surface area contributed by atoms with Gasteiger partial charge in [-0.25, -0.2) is 0 Å². The molecule has 0 aliphatic rings. The van der Waals surface area contributed by atoms with E-state index in [0.29, 0.717) is 13.1 Å². The molecule has 7 N–H and O–H groups in total. The molecule has 5 nitrogen and oxygen atoms in total. The van der Waals surface area contributed by atoms with E-state index in [4.69, 9.17) is 20.9 Å². The zero-order chi connectivity index (χ0) is 16.9. The molecular weight excluding hydrogens is 290 g/mol. The molecule has 0 radical (unpaired) electrons. The highest BCUT2D eigenvalue weighted by Gasteiger charge is 2.47. The lowest BCUT2D eigenvalue weighted by Crippen LogP contribution is -2.50. The minimum atomic E-state index is -0.592. The summed E-state index contributed by atoms with van der Waals surface area (Å²) in [6, 6.07) is 0. The summed E-state index contributed by atoms with van der Waals surface area (Å²) < 4.78 is 11.6. The fourth-order valence-corrected chi connectivity index (χ4v) is 3.53. The van der Waals surface area contributed by atoms with E-state index in [9.17, 15) is 0 Å². The van der Waals surface area contributed by atoms with E-state index < -0.39 is 5.79 Å². The van der Waals surface area contributed by atoms with Crippen LogP contribution in [0.1, 0.15) is 78.1 Å². The first kappa shape index (κ1) is 25.0. The number of nitrogens with two attached hydrogens (primary N) is 2. The molecular formula is C18H43N3O2. The van der Waals surface area contributed by atoms with Crippen molar-refractivity contribution in [1.82, 2.24) is 6.15 Å². The van der Waals surface area contributed by atoms with Crippen LogP contribution in [0.4, 0.5) is 0 Å². The van der Waals surface area contributed by atoms with E-state index in [1.165, 1.54) is 38.5 Å². The van der Waals surface area contributed by atoms with Crippen molar-refractivity contribution in [1.29, 1.82) is 0 Å². The summed E-state index contributed by atoms with van der Waals surface area (Å²) in [5.74, 6) is -0.592. The van der Waals surface area contributed by atoms with Gasteiger partial charge in [0.05, 0.1) is 0 Å². The van der Waals surface area contributed by atoms with E-state index in [-0.39, 0.29) is 11.6 Å². The fraction of sp³-hybridized carbons (Fsp3) is 1.00. The van der Waals surface area contributed by atoms with Crippen molar-refractivity contribution >= 4 is 0 Å². The summed E-state index contributed by atoms with van der Waals surface area (Å²) in [6.07, 6.45) is 11.8. The van der Waals surface area contributed by atoms with Crippen LogP contribution in [0.2, 0.25) is 0 Å². The fourth-order valence-electron chi connectivity index (χ4n) is 3.53. The van der Waals surface area contributed by atoms with Crippen LogP contribution in [0.3, 0.4) is 0 Å². The maximum absolute atomic E-state index is 5.92. The SMILES string of the molecule is CCCCCCCCC(CCN)(CCCN)C(C)(OC)OC.N. The molecule has 0 fully saturated rings. The van der Waals surface area contributed by atoms with Crippen molar-refractivity contribution in [3.05, 3.63) is 0 Å². The van der Waals surface area contributed by atoms with E-state index in [2.05, 4.69) is 13.8 Å². The molecule has 0 amide bonds. The van der Waals surface area contributed by atoms with Crippen LogP contribution in [-0.4, -0.2) is 33.1 Å². The molecule has 23 heavy (non-hydrogen) atoms. The average Bonchev–Trinajstić information content (AvgIpc) is 2.54. The molecule has 5 heteroatoms. The molecule has 0 saturated heterocycles. The van der Waals surface area contributed by atoms with Crippen molar-refractivity contribution in [2.24, 2.45) is 16.9 Å². The molecule has 0 bridgehead atoms. The summed E-state index contributed by atoms with van der Waals surface area (Å²) in [7, 11) is 3.47. The predicted molar refractivity (Wildman–Crippen MR) is 99.8 cm³/mol. The molecule has 0 rings (SSSR count). The molecule has 0 spiro atoms. The van der Waals surface area contributed by atoms with Gasteiger partial charge in [-0.3, -0.25) is 0 Å². The topological polar surface area (TPSA) is 106 Å². The highest BCUT2D eigenvalue weighted by molar-refractivity contribution is 4.92. The normalized spacial score (nSPS) is 14.3. The Morgan fingerprint density at radius 2 is 1.26 bits per heavy atom. The Labute approximate surface area is 144 Å². The highest BCUT2D eigenvalue weighted by atomic mass is 16.7. The van der Waals surface area contributed by atoms with Crippen LogP contribution in [0.5, 0.6) is 0 Å². The number of unbranched alkanes of at least 4 members (excludes halogenated alkanes) is 5. The summed E-state index contributed by atoms with van der Waals surface area (Å²) in [5, 5.41) is 0. The van der Waals surface area contributed by atoms with Gasteiger partial charge in [0.2, 0.25) is 0 Å². The number of ether oxygens (including phenoxy) is 2. The van der Waals surface area contributed by atoms with E-state index in [1.807, 2.05) is 0 Å². The Kier molecular flexibility index (Phi) is 15.4. The van der Waals surface area contributed by atoms with Crippen molar-refractivity contribution in [2.75, 3.05) is 27.3 Å². The van der Waals surface area contributed by atoms with Crippen LogP contribution in [-0.2, 0) is 9.47 Å². The lowest BCUT2D eigenvalue weighted by atomic mass is 9.69. The smallest absolute Gasteiger partial charge is 0.170 e. The Morgan fingerprint density at radius 3 is 1.74 bits per heavy atom. The lowest BCUT2D eigenvalue weighted by Gasteiger charge is -2.47. The maximum Gasteiger partial charge on any atom is 0.170 e. The molecule has 0 aliphatic carbocycles. The third-order valence-corrected chi connectivity index (χ3v) is 5.23. The standard InChI is InChI=1S/C18H40N2O2.H3N/c1-5-6-7-8-9-10-12-18(14-16-20,13-11-15-19)17(2,21-3)22-4;/h5-16,19-20H2,1-4H3;1H3. The molecule has 0 aromatic rings. The van der Waals surface area contributed by atoms with Crippen LogP contribution in [0, 0.1) is 5.41 Å². The second kappa shape index (κ2) is 14.2. The van der Waals surface area contributed by atoms with Gasteiger partial charge < -0.3 is 27.1 Å². The van der Waals surface area contributed by atoms with Gasteiger partial charge in [-0.05, 0) is 45.7 Å². The Morgan fingerprint density at radius 1 is 0.739 bits per heavy atom. The molecule has 1 atom stereocenters. The third-order valence-electron chi connectivity index (χ3n) is 5.23. The minimum Gasteiger partial charge on any atom is -0.353 e. The van der Waals surface area contributed by atoms with Crippen molar-refractivity contribution in [2.45, 2.75) is 83.8 Å². The molecule has 0 saturated carbocycles. The summed E-state index contributed by atoms with van der Waals surface area (Å²) >= 11 is 0. The summed E-state index contributed by atoms with van der Waals surface area (Å²) in [6.45, 7) is 5.66. The second-order valence-electron chi connectivity index (χ2n) is 6.58. The molecule has 0 aliphatic heterocycles. The zero-order valence-corrected chi connectivity index (χ0v) is 16.2. The largest absolute Gasteiger partial charge is 0.353 e. The Bertz CT molecular complexity index is 261. The number of hydrogen-bond donors (Lipinski definition) is 3. The monoisotopic (exact) mass is 333 g/mol. The highest BCUT2D eigenvalue weighted by Crippen LogP contribution is 2.46. The van der Waals surface area contributed by atoms with Gasteiger partial charge in [-0.2, -0.15) is 0 Å². The van der Waals surface area contributed by atoms with E-state index >= 15 is 0 Å². The third kappa shape index (κ3) is 7.94. The van der Waals surface area contributed by atoms with Crippen LogP contribution >= 0.6 is 0 Å². The predicted octanol–water partition coefficient (Wildman–Crippen LogP) is 3.98. The van der Waals surface area contributed by atoms with Crippen molar-refractivity contribution < 1.29 is 9.47 Å². The Balaban J connectivity index is 0. The van der Waals surface area contributed by atoms with Gasteiger partial charge in [0.25, 0.3) is 0 Å². The molecule has 0 aromatic heterocycles. The van der Waals surface area contributed by atoms with Gasteiger partial charge in [0.15, 0.2) is 5.79 Å². The minimum absolute atomic E-state index is 0. The molecule has 0 aromatic carbocycles. The zero-order valence-electron chi connectivity index (χ0n) is 16.2. The van der Waals surface area contributed by atoms with Crippen LogP contribution < -0.4 is 17.6 Å². The molecule has 1 unspecified atom stereocenters. The van der Waals surface area contributed by atoms with Gasteiger partial charge in [0.1, 0.15) is 0 Å². The first-order valence-electron chi connectivity index (χ1n) is 9.06. The molecule has 142 valence electrons. The number of methoxy groups -OCH3 is 2. The second-order valence-corrected chi connectivity index (χ2v) is 6.58. The van der Waals surface area contributed by atoms with Crippen LogP contribution in [0.15, 0.2) is 0 Å². The van der Waals surface area contributed by atoms with E-state index in [0.717, 1.165) is 25.7 Å². The molecule has 0 heterocycles. The quantitative estimate of drug-likeness (QED) is 0.310. The number of rotatable bonds is 15. The van der Waals surface area contributed by atoms with Crippen LogP contribution in [0.25, 0.3) is 0 Å². The van der Waals surface area contributed by atoms with E-state index in [1.54, 1.807) is 14.2 Å². The van der Waals surface area contributed by atoms with Crippen molar-refractivity contribution in [3.63, 3.8) is 0 Å². The van der Waals surface area contributed by atoms with Gasteiger partial charge in [-0.15, -0.1) is 0 Å². The summed E-state index contributed by atoms with van der Waals surface area (Å²) in [4.78, 5) is 0. The first-order chi connectivity index (χ1) is 10.6. The average molecular weight is 334 g/mol. The van der Waals surface area contributed by atoms with Gasteiger partial charge >= 0.3 is 0 Å². The lowest BCUT2D eigenvalue weighted by molar-refractivity contribution is -0.271. The van der Waals surface area contributed by atoms with Gasteiger partial charge in [0, 0.05) is 19.6 Å². The maximum atomic E-state index is 5.92.